The average Bonchev–Trinajstić information content (AvgIpc) is 2.72. The molecule has 4 heteroatoms. The minimum atomic E-state index is 0.819. The van der Waals surface area contributed by atoms with E-state index in [2.05, 4.69) is 46.9 Å². The van der Waals surface area contributed by atoms with Gasteiger partial charge < -0.3 is 0 Å². The van der Waals surface area contributed by atoms with E-state index in [0.29, 0.717) is 0 Å². The Labute approximate surface area is 144 Å². The molecule has 0 unspecified atom stereocenters. The smallest absolute Gasteiger partial charge is 0.0854 e. The van der Waals surface area contributed by atoms with Gasteiger partial charge in [-0.3, -0.25) is 9.98 Å². The van der Waals surface area contributed by atoms with Crippen LogP contribution in [0.2, 0.25) is 0 Å². The Morgan fingerprint density at radius 3 is 2.92 bits per heavy atom. The lowest BCUT2D eigenvalue weighted by atomic mass is 10.1. The summed E-state index contributed by atoms with van der Waals surface area (Å²) in [5, 5.41) is 1.11. The maximum atomic E-state index is 4.88. The van der Waals surface area contributed by atoms with Gasteiger partial charge >= 0.3 is 0 Å². The summed E-state index contributed by atoms with van der Waals surface area (Å²) in [5.41, 5.74) is 4.60. The van der Waals surface area contributed by atoms with Crippen LogP contribution in [0, 0.1) is 0 Å². The predicted octanol–water partition coefficient (Wildman–Crippen LogP) is 5.00. The van der Waals surface area contributed by atoms with Gasteiger partial charge in [-0.2, -0.15) is 0 Å². The maximum absolute atomic E-state index is 4.88. The van der Waals surface area contributed by atoms with Crippen LogP contribution >= 0.6 is 11.8 Å². The summed E-state index contributed by atoms with van der Waals surface area (Å²) < 4.78 is 0. The highest BCUT2D eigenvalue weighted by molar-refractivity contribution is 7.99. The molecule has 1 aromatic carbocycles. The molecule has 0 radical (unpaired) electrons. The number of rotatable bonds is 1. The van der Waals surface area contributed by atoms with Gasteiger partial charge in [-0.15, -0.1) is 11.8 Å². The van der Waals surface area contributed by atoms with Crippen LogP contribution in [0.4, 0.5) is 0 Å². The molecule has 0 spiro atoms. The van der Waals surface area contributed by atoms with Crippen molar-refractivity contribution in [3.63, 3.8) is 0 Å². The Bertz CT molecular complexity index is 984. The van der Waals surface area contributed by atoms with Gasteiger partial charge in [0.1, 0.15) is 0 Å². The third-order valence-corrected chi connectivity index (χ3v) is 4.83. The van der Waals surface area contributed by atoms with E-state index in [9.17, 15) is 0 Å². The van der Waals surface area contributed by atoms with Crippen LogP contribution in [-0.2, 0) is 0 Å². The Kier molecular flexibility index (Phi) is 3.97. The molecular formula is C20H15N3S. The molecule has 24 heavy (non-hydrogen) atoms. The number of thioether (sulfide) groups is 1. The molecule has 0 N–H and O–H groups in total. The van der Waals surface area contributed by atoms with Crippen LogP contribution in [0.5, 0.6) is 0 Å². The fraction of sp³-hybridized carbons (Fsp3) is 0.0500. The fourth-order valence-corrected chi connectivity index (χ4v) is 3.53. The van der Waals surface area contributed by atoms with E-state index >= 15 is 0 Å². The van der Waals surface area contributed by atoms with Crippen molar-refractivity contribution in [2.45, 2.75) is 4.90 Å². The molecule has 0 amide bonds. The van der Waals surface area contributed by atoms with Gasteiger partial charge in [0, 0.05) is 45.8 Å². The number of aromatic nitrogens is 2. The fourth-order valence-electron chi connectivity index (χ4n) is 2.69. The quantitative estimate of drug-likeness (QED) is 0.630. The molecule has 3 heterocycles. The molecule has 4 rings (SSSR count). The van der Waals surface area contributed by atoms with E-state index in [1.165, 1.54) is 0 Å². The van der Waals surface area contributed by atoms with Gasteiger partial charge in [-0.25, -0.2) is 4.98 Å². The van der Waals surface area contributed by atoms with E-state index in [4.69, 9.17) is 4.98 Å². The Morgan fingerprint density at radius 2 is 1.96 bits per heavy atom. The highest BCUT2D eigenvalue weighted by atomic mass is 32.2. The number of allylic oxidation sites excluding steroid dienone is 1. The summed E-state index contributed by atoms with van der Waals surface area (Å²) in [6, 6.07) is 14.4. The van der Waals surface area contributed by atoms with E-state index in [1.807, 2.05) is 24.4 Å². The van der Waals surface area contributed by atoms with E-state index in [0.717, 1.165) is 44.1 Å². The number of benzene rings is 1. The van der Waals surface area contributed by atoms with Crippen molar-refractivity contribution in [2.75, 3.05) is 5.75 Å². The third-order valence-electron chi connectivity index (χ3n) is 3.83. The average molecular weight is 329 g/mol. The Balaban J connectivity index is 1.88. The summed E-state index contributed by atoms with van der Waals surface area (Å²) in [4.78, 5) is 14.8. The minimum absolute atomic E-state index is 0.819. The largest absolute Gasteiger partial charge is 0.264 e. The predicted molar refractivity (Wildman–Crippen MR) is 102 cm³/mol. The molecule has 0 aliphatic carbocycles. The summed E-state index contributed by atoms with van der Waals surface area (Å²) in [6.45, 7) is 4.12. The van der Waals surface area contributed by atoms with Crippen molar-refractivity contribution < 1.29 is 0 Å². The molecule has 2 aromatic heterocycles. The molecule has 3 nitrogen and oxygen atoms in total. The van der Waals surface area contributed by atoms with Crippen LogP contribution in [0.15, 0.2) is 77.4 Å². The first-order valence-corrected chi connectivity index (χ1v) is 8.67. The zero-order chi connectivity index (χ0) is 16.4. The molecule has 116 valence electrons. The molecule has 0 saturated heterocycles. The lowest BCUT2D eigenvalue weighted by molar-refractivity contribution is 1.20. The van der Waals surface area contributed by atoms with E-state index in [1.54, 1.807) is 24.2 Å². The number of hydrogen-bond donors (Lipinski definition) is 0. The molecule has 1 aliphatic heterocycles. The highest BCUT2D eigenvalue weighted by Crippen LogP contribution is 2.31. The lowest BCUT2D eigenvalue weighted by Crippen LogP contribution is -1.96. The summed E-state index contributed by atoms with van der Waals surface area (Å²) in [5.74, 6) is 0.870. The van der Waals surface area contributed by atoms with Crippen molar-refractivity contribution in [1.82, 2.24) is 9.97 Å². The zero-order valence-corrected chi connectivity index (χ0v) is 13.8. The molecule has 1 aliphatic rings. The van der Waals surface area contributed by atoms with Gasteiger partial charge in [-0.1, -0.05) is 36.9 Å². The van der Waals surface area contributed by atoms with Crippen molar-refractivity contribution in [2.24, 2.45) is 4.99 Å². The van der Waals surface area contributed by atoms with Crippen LogP contribution in [0.1, 0.15) is 5.69 Å². The second kappa shape index (κ2) is 6.42. The molecule has 0 bridgehead atoms. The van der Waals surface area contributed by atoms with E-state index in [-0.39, 0.29) is 0 Å². The van der Waals surface area contributed by atoms with Crippen LogP contribution < -0.4 is 0 Å². The highest BCUT2D eigenvalue weighted by Gasteiger charge is 2.12. The van der Waals surface area contributed by atoms with Crippen LogP contribution in [0.25, 0.3) is 27.7 Å². The van der Waals surface area contributed by atoms with Crippen LogP contribution in [0.3, 0.4) is 0 Å². The number of fused-ring (bicyclic) bond motifs is 2. The zero-order valence-electron chi connectivity index (χ0n) is 13.0. The SMILES string of the molecule is C=C1/C=N\C=C/CSc2ccc(-c3cccc4cccnc34)nc21. The van der Waals surface area contributed by atoms with Gasteiger partial charge in [0.2, 0.25) is 0 Å². The monoisotopic (exact) mass is 329 g/mol. The standard InChI is InChI=1S/C20H15N3S/c1-14-13-21-10-4-12-24-18-9-8-17(23-19(14)18)16-7-2-5-15-6-3-11-22-20(15)16/h2-11,13H,1,12H2/b10-4-,21-13-. The van der Waals surface area contributed by atoms with Crippen molar-refractivity contribution in [3.8, 4) is 11.3 Å². The molecular weight excluding hydrogens is 314 g/mol. The van der Waals surface area contributed by atoms with Crippen molar-refractivity contribution in [3.05, 3.63) is 73.2 Å². The summed E-state index contributed by atoms with van der Waals surface area (Å²) in [6.07, 6.45) is 7.42. The maximum Gasteiger partial charge on any atom is 0.0854 e. The van der Waals surface area contributed by atoms with Crippen molar-refractivity contribution >= 4 is 34.5 Å². The first-order valence-electron chi connectivity index (χ1n) is 7.68. The second-order valence-corrected chi connectivity index (χ2v) is 6.48. The number of para-hydroxylation sites is 1. The van der Waals surface area contributed by atoms with Gasteiger partial charge in [0.05, 0.1) is 16.9 Å². The minimum Gasteiger partial charge on any atom is -0.264 e. The third kappa shape index (κ3) is 2.76. The first kappa shape index (κ1) is 14.8. The number of aliphatic imine (C=N–C) groups is 1. The van der Waals surface area contributed by atoms with Gasteiger partial charge in [0.25, 0.3) is 0 Å². The Hall–Kier alpha value is -2.72. The summed E-state index contributed by atoms with van der Waals surface area (Å²) in [7, 11) is 0. The number of nitrogens with zero attached hydrogens (tertiary/aromatic N) is 3. The lowest BCUT2D eigenvalue weighted by Gasteiger charge is -2.11. The number of hydrogen-bond acceptors (Lipinski definition) is 4. The summed E-state index contributed by atoms with van der Waals surface area (Å²) >= 11 is 1.74. The first-order chi connectivity index (χ1) is 11.8. The molecule has 0 fully saturated rings. The second-order valence-electron chi connectivity index (χ2n) is 5.42. The van der Waals surface area contributed by atoms with Crippen LogP contribution in [-0.4, -0.2) is 21.9 Å². The topological polar surface area (TPSA) is 38.1 Å². The molecule has 3 aromatic rings. The van der Waals surface area contributed by atoms with Crippen molar-refractivity contribution in [1.29, 1.82) is 0 Å². The Morgan fingerprint density at radius 1 is 1.04 bits per heavy atom. The number of pyridine rings is 2. The normalized spacial score (nSPS) is 16.8. The molecule has 0 atom stereocenters. The van der Waals surface area contributed by atoms with E-state index < -0.39 is 0 Å². The molecule has 0 saturated carbocycles. The van der Waals surface area contributed by atoms with Gasteiger partial charge in [-0.05, 0) is 18.2 Å². The van der Waals surface area contributed by atoms with Gasteiger partial charge in [0.15, 0.2) is 0 Å².